The summed E-state index contributed by atoms with van der Waals surface area (Å²) in [7, 11) is 0. The van der Waals surface area contributed by atoms with Gasteiger partial charge in [-0.2, -0.15) is 0 Å². The molecule has 1 aliphatic rings. The van der Waals surface area contributed by atoms with Gasteiger partial charge in [-0.05, 0) is 18.8 Å². The predicted octanol–water partition coefficient (Wildman–Crippen LogP) is 2.07. The van der Waals surface area contributed by atoms with Crippen molar-refractivity contribution >= 4 is 5.91 Å². The number of hydrogen-bond acceptors (Lipinski definition) is 1. The summed E-state index contributed by atoms with van der Waals surface area (Å²) in [4.78, 5) is 13.4. The molecule has 0 aliphatic carbocycles. The van der Waals surface area contributed by atoms with Gasteiger partial charge in [0.15, 0.2) is 0 Å². The molecule has 0 bridgehead atoms. The fourth-order valence-corrected chi connectivity index (χ4v) is 2.08. The zero-order valence-electron chi connectivity index (χ0n) is 8.71. The minimum atomic E-state index is -0.493. The smallest absolute Gasteiger partial charge is 0.205 e. The van der Waals surface area contributed by atoms with Crippen molar-refractivity contribution in [1.82, 2.24) is 4.90 Å². The number of carbonyl (C=O) groups excluding carboxylic acids is 1. The van der Waals surface area contributed by atoms with Gasteiger partial charge in [-0.15, -0.1) is 0 Å². The van der Waals surface area contributed by atoms with Gasteiger partial charge in [0.1, 0.15) is 0 Å². The Hall–Kier alpha value is -0.570. The van der Waals surface area contributed by atoms with Crippen molar-refractivity contribution < 1.29 is 4.79 Å². The van der Waals surface area contributed by atoms with Crippen LogP contribution < -0.4 is 0 Å². The quantitative estimate of drug-likeness (QED) is 0.660. The lowest BCUT2D eigenvalue weighted by Gasteiger charge is -2.31. The molecular weight excluding hydrogens is 164 g/mol. The van der Waals surface area contributed by atoms with E-state index < -0.39 is 6.04 Å². The average Bonchev–Trinajstić information content (AvgIpc) is 2.37. The van der Waals surface area contributed by atoms with E-state index in [1.54, 1.807) is 0 Å². The summed E-state index contributed by atoms with van der Waals surface area (Å²) in [5.41, 5.74) is 7.49. The van der Waals surface area contributed by atoms with Gasteiger partial charge in [0, 0.05) is 12.6 Å². The summed E-state index contributed by atoms with van der Waals surface area (Å²) in [5, 5.41) is 0. The average molecular weight is 183 g/mol. The first-order valence-electron chi connectivity index (χ1n) is 5.09. The largest absolute Gasteiger partial charge is 0.667 e. The maximum atomic E-state index is 11.5. The van der Waals surface area contributed by atoms with Gasteiger partial charge in [-0.1, -0.05) is 26.8 Å². The Morgan fingerprint density at radius 3 is 2.54 bits per heavy atom. The molecule has 1 fully saturated rings. The molecule has 76 valence electrons. The third-order valence-electron chi connectivity index (χ3n) is 2.83. The fraction of sp³-hybridized carbons (Fsp3) is 0.900. The number of carbonyl (C=O) groups is 1. The Kier molecular flexibility index (Phi) is 3.31. The van der Waals surface area contributed by atoms with E-state index in [4.69, 9.17) is 5.73 Å². The SMILES string of the molecule is CCC(C(C)C)N1CCC([NH-])C1=O. The van der Waals surface area contributed by atoms with Crippen LogP contribution in [0.4, 0.5) is 0 Å². The number of nitrogens with one attached hydrogen (secondary N) is 1. The third kappa shape index (κ3) is 2.02. The maximum absolute atomic E-state index is 11.5. The Balaban J connectivity index is 2.65. The normalized spacial score (nSPS) is 25.8. The highest BCUT2D eigenvalue weighted by Crippen LogP contribution is 2.22. The second-order valence-electron chi connectivity index (χ2n) is 4.09. The molecule has 3 heteroatoms. The molecule has 1 saturated heterocycles. The molecular formula is C10H19N2O-. The second kappa shape index (κ2) is 4.09. The van der Waals surface area contributed by atoms with Gasteiger partial charge >= 0.3 is 0 Å². The van der Waals surface area contributed by atoms with Gasteiger partial charge in [0.2, 0.25) is 5.91 Å². The van der Waals surface area contributed by atoms with Crippen LogP contribution in [0.3, 0.4) is 0 Å². The summed E-state index contributed by atoms with van der Waals surface area (Å²) < 4.78 is 0. The topological polar surface area (TPSA) is 44.1 Å². The lowest BCUT2D eigenvalue weighted by Crippen LogP contribution is -2.40. The summed E-state index contributed by atoms with van der Waals surface area (Å²) >= 11 is 0. The maximum Gasteiger partial charge on any atom is 0.205 e. The fourth-order valence-electron chi connectivity index (χ4n) is 2.08. The number of rotatable bonds is 3. The molecule has 0 aromatic heterocycles. The summed E-state index contributed by atoms with van der Waals surface area (Å²) in [6.07, 6.45) is 1.71. The standard InChI is InChI=1S/C10H19N2O/c1-4-9(7(2)3)12-6-5-8(11)10(12)13/h7-9,11H,4-6H2,1-3H3/q-1. The highest BCUT2D eigenvalue weighted by Gasteiger charge is 2.30. The highest BCUT2D eigenvalue weighted by atomic mass is 16.2. The lowest BCUT2D eigenvalue weighted by molar-refractivity contribution is -0.130. The van der Waals surface area contributed by atoms with Crippen LogP contribution in [0.2, 0.25) is 0 Å². The van der Waals surface area contributed by atoms with Gasteiger partial charge < -0.3 is 10.6 Å². The van der Waals surface area contributed by atoms with Crippen molar-refractivity contribution in [2.75, 3.05) is 6.54 Å². The van der Waals surface area contributed by atoms with Gasteiger partial charge in [-0.25, -0.2) is 0 Å². The van der Waals surface area contributed by atoms with Gasteiger partial charge in [-0.3, -0.25) is 4.79 Å². The minimum Gasteiger partial charge on any atom is -0.667 e. The number of likely N-dealkylation sites (tertiary alicyclic amines) is 1. The lowest BCUT2D eigenvalue weighted by atomic mass is 10.0. The van der Waals surface area contributed by atoms with Crippen molar-refractivity contribution in [3.8, 4) is 0 Å². The van der Waals surface area contributed by atoms with E-state index in [0.717, 1.165) is 13.0 Å². The molecule has 1 heterocycles. The van der Waals surface area contributed by atoms with E-state index in [1.165, 1.54) is 0 Å². The Labute approximate surface area is 80.3 Å². The Morgan fingerprint density at radius 2 is 2.23 bits per heavy atom. The van der Waals surface area contributed by atoms with Crippen LogP contribution in [0.15, 0.2) is 0 Å². The zero-order valence-corrected chi connectivity index (χ0v) is 8.71. The van der Waals surface area contributed by atoms with E-state index in [0.29, 0.717) is 18.4 Å². The molecule has 0 aromatic carbocycles. The van der Waals surface area contributed by atoms with Crippen LogP contribution in [0.5, 0.6) is 0 Å². The first-order valence-corrected chi connectivity index (χ1v) is 5.09. The van der Waals surface area contributed by atoms with E-state index in [1.807, 2.05) is 4.90 Å². The summed E-state index contributed by atoms with van der Waals surface area (Å²) in [6, 6.07) is -0.157. The summed E-state index contributed by atoms with van der Waals surface area (Å²) in [5.74, 6) is 0.528. The molecule has 3 nitrogen and oxygen atoms in total. The Morgan fingerprint density at radius 1 is 1.62 bits per heavy atom. The van der Waals surface area contributed by atoms with Gasteiger partial charge in [0.25, 0.3) is 0 Å². The van der Waals surface area contributed by atoms with E-state index in [2.05, 4.69) is 20.8 Å². The van der Waals surface area contributed by atoms with E-state index in [9.17, 15) is 4.79 Å². The molecule has 1 aliphatic heterocycles. The number of nitrogens with zero attached hydrogens (tertiary/aromatic N) is 1. The molecule has 1 amide bonds. The molecule has 0 radical (unpaired) electrons. The minimum absolute atomic E-state index is 0.0283. The van der Waals surface area contributed by atoms with Crippen LogP contribution >= 0.6 is 0 Å². The highest BCUT2D eigenvalue weighted by molar-refractivity contribution is 5.85. The van der Waals surface area contributed by atoms with E-state index in [-0.39, 0.29) is 5.91 Å². The second-order valence-corrected chi connectivity index (χ2v) is 4.09. The first-order chi connectivity index (χ1) is 6.07. The molecule has 0 spiro atoms. The number of hydrogen-bond donors (Lipinski definition) is 0. The molecule has 1 rings (SSSR count). The molecule has 0 aromatic rings. The molecule has 0 saturated carbocycles. The summed E-state index contributed by atoms with van der Waals surface area (Å²) in [6.45, 7) is 7.16. The van der Waals surface area contributed by atoms with Crippen molar-refractivity contribution in [1.29, 1.82) is 0 Å². The van der Waals surface area contributed by atoms with Gasteiger partial charge in [0.05, 0.1) is 0 Å². The van der Waals surface area contributed by atoms with Crippen LogP contribution in [0, 0.1) is 5.92 Å². The molecule has 1 N–H and O–H groups in total. The Bertz CT molecular complexity index is 191. The molecule has 2 atom stereocenters. The van der Waals surface area contributed by atoms with Crippen LogP contribution in [0.1, 0.15) is 33.6 Å². The van der Waals surface area contributed by atoms with E-state index >= 15 is 0 Å². The first kappa shape index (κ1) is 10.5. The molecule has 2 unspecified atom stereocenters. The van der Waals surface area contributed by atoms with Crippen molar-refractivity contribution in [3.05, 3.63) is 5.73 Å². The zero-order chi connectivity index (χ0) is 10.0. The van der Waals surface area contributed by atoms with Crippen molar-refractivity contribution in [2.45, 2.75) is 45.7 Å². The monoisotopic (exact) mass is 183 g/mol. The van der Waals surface area contributed by atoms with Crippen molar-refractivity contribution in [3.63, 3.8) is 0 Å². The third-order valence-corrected chi connectivity index (χ3v) is 2.83. The van der Waals surface area contributed by atoms with Crippen LogP contribution in [-0.4, -0.2) is 29.4 Å². The van der Waals surface area contributed by atoms with Crippen LogP contribution in [0.25, 0.3) is 5.73 Å². The number of amides is 1. The van der Waals surface area contributed by atoms with Crippen LogP contribution in [-0.2, 0) is 4.79 Å². The molecule has 13 heavy (non-hydrogen) atoms. The predicted molar refractivity (Wildman–Crippen MR) is 53.4 cm³/mol. The van der Waals surface area contributed by atoms with Crippen molar-refractivity contribution in [2.24, 2.45) is 5.92 Å².